The highest BCUT2D eigenvalue weighted by atomic mass is 16.2. The first kappa shape index (κ1) is 52.1. The van der Waals surface area contributed by atoms with E-state index in [1.165, 1.54) is 244 Å². The third-order valence-corrected chi connectivity index (χ3v) is 14.2. The van der Waals surface area contributed by atoms with Crippen molar-refractivity contribution in [2.75, 3.05) is 6.54 Å². The van der Waals surface area contributed by atoms with Gasteiger partial charge in [-0.25, -0.2) is 4.79 Å². The zero-order valence-electron chi connectivity index (χ0n) is 38.9. The maximum absolute atomic E-state index is 12.7. The van der Waals surface area contributed by atoms with E-state index in [1.54, 1.807) is 0 Å². The number of carbonyl (C=O) groups excluding carboxylic acids is 2. The number of rotatable bonds is 40. The molecule has 2 aliphatic carbocycles. The number of hydrogen-bond donors (Lipinski definition) is 2. The average molecular weight is 799 g/mol. The summed E-state index contributed by atoms with van der Waals surface area (Å²) in [5.41, 5.74) is 0. The molecule has 0 spiro atoms. The maximum atomic E-state index is 12.7. The number of urea groups is 1. The Morgan fingerprint density at radius 1 is 0.386 bits per heavy atom. The fourth-order valence-electron chi connectivity index (χ4n) is 10.3. The summed E-state index contributed by atoms with van der Waals surface area (Å²) < 4.78 is 0. The molecule has 0 bridgehead atoms. The molecule has 2 rings (SSSR count). The molecule has 0 aromatic heterocycles. The lowest BCUT2D eigenvalue weighted by Gasteiger charge is -2.34. The second-order valence-electron chi connectivity index (χ2n) is 19.7. The molecule has 2 N–H and O–H groups in total. The summed E-state index contributed by atoms with van der Waals surface area (Å²) >= 11 is 0. The Morgan fingerprint density at radius 2 is 0.702 bits per heavy atom. The second-order valence-corrected chi connectivity index (χ2v) is 19.7. The van der Waals surface area contributed by atoms with Gasteiger partial charge in [0.1, 0.15) is 5.78 Å². The summed E-state index contributed by atoms with van der Waals surface area (Å²) in [6.07, 6.45) is 58.8. The smallest absolute Gasteiger partial charge is 0.315 e. The van der Waals surface area contributed by atoms with Gasteiger partial charge in [0, 0.05) is 25.4 Å². The molecular weight excluding hydrogens is 697 g/mol. The largest absolute Gasteiger partial charge is 0.338 e. The van der Waals surface area contributed by atoms with E-state index in [0.29, 0.717) is 17.7 Å². The van der Waals surface area contributed by atoms with Gasteiger partial charge >= 0.3 is 6.03 Å². The minimum Gasteiger partial charge on any atom is -0.338 e. The maximum Gasteiger partial charge on any atom is 0.315 e. The SMILES string of the molecule is CCCCCCCCCCCCCCCCCCCC(=O)CC1CCC(CC2CCC(NC(=O)NCCCCCCCCCCCCCCCCCC)CC2)CC1. The van der Waals surface area contributed by atoms with Crippen molar-refractivity contribution in [1.29, 1.82) is 0 Å². The first-order valence-corrected chi connectivity index (χ1v) is 26.7. The van der Waals surface area contributed by atoms with E-state index < -0.39 is 0 Å². The molecular formula is C53H102N2O2. The summed E-state index contributed by atoms with van der Waals surface area (Å²) in [5, 5.41) is 6.42. The van der Waals surface area contributed by atoms with Crippen molar-refractivity contribution in [1.82, 2.24) is 10.6 Å². The van der Waals surface area contributed by atoms with Crippen LogP contribution in [0.1, 0.15) is 296 Å². The van der Waals surface area contributed by atoms with E-state index in [1.807, 2.05) is 0 Å². The highest BCUT2D eigenvalue weighted by Gasteiger charge is 2.28. The summed E-state index contributed by atoms with van der Waals surface area (Å²) in [6.45, 7) is 5.41. The van der Waals surface area contributed by atoms with Gasteiger partial charge in [0.05, 0.1) is 0 Å². The van der Waals surface area contributed by atoms with Gasteiger partial charge < -0.3 is 10.6 Å². The van der Waals surface area contributed by atoms with Crippen molar-refractivity contribution >= 4 is 11.8 Å². The van der Waals surface area contributed by atoms with E-state index in [9.17, 15) is 9.59 Å². The van der Waals surface area contributed by atoms with Crippen LogP contribution in [-0.4, -0.2) is 24.4 Å². The van der Waals surface area contributed by atoms with Crippen LogP contribution in [0.15, 0.2) is 0 Å². The molecule has 0 aromatic rings. The summed E-state index contributed by atoms with van der Waals surface area (Å²) in [7, 11) is 0. The van der Waals surface area contributed by atoms with Crippen molar-refractivity contribution in [3.05, 3.63) is 0 Å². The van der Waals surface area contributed by atoms with Crippen LogP contribution in [0.5, 0.6) is 0 Å². The fraction of sp³-hybridized carbons (Fsp3) is 0.962. The lowest BCUT2D eigenvalue weighted by Crippen LogP contribution is -2.44. The van der Waals surface area contributed by atoms with Gasteiger partial charge in [-0.2, -0.15) is 0 Å². The van der Waals surface area contributed by atoms with Crippen LogP contribution < -0.4 is 10.6 Å². The molecule has 0 radical (unpaired) electrons. The Bertz CT molecular complexity index is 804. The van der Waals surface area contributed by atoms with Crippen LogP contribution in [0.4, 0.5) is 4.79 Å². The Morgan fingerprint density at radius 3 is 1.09 bits per heavy atom. The van der Waals surface area contributed by atoms with Crippen molar-refractivity contribution < 1.29 is 9.59 Å². The Balaban J connectivity index is 1.31. The van der Waals surface area contributed by atoms with E-state index in [0.717, 1.165) is 56.9 Å². The monoisotopic (exact) mass is 799 g/mol. The van der Waals surface area contributed by atoms with Crippen LogP contribution >= 0.6 is 0 Å². The minimum atomic E-state index is 0.0531. The quantitative estimate of drug-likeness (QED) is 0.0607. The van der Waals surface area contributed by atoms with Gasteiger partial charge in [0.15, 0.2) is 0 Å². The minimum absolute atomic E-state index is 0.0531. The molecule has 0 aliphatic heterocycles. The summed E-state index contributed by atoms with van der Waals surface area (Å²) in [4.78, 5) is 25.3. The normalized spacial score (nSPS) is 19.8. The Kier molecular flexibility index (Phi) is 35.7. The first-order valence-electron chi connectivity index (χ1n) is 26.7. The number of carbonyl (C=O) groups is 2. The van der Waals surface area contributed by atoms with Crippen LogP contribution in [0.3, 0.4) is 0 Å². The van der Waals surface area contributed by atoms with E-state index >= 15 is 0 Å². The number of Topliss-reactive ketones (excluding diaryl/α,β-unsaturated/α-hetero) is 1. The molecule has 0 saturated heterocycles. The summed E-state index contributed by atoms with van der Waals surface area (Å²) in [6, 6.07) is 0.408. The van der Waals surface area contributed by atoms with Crippen LogP contribution in [-0.2, 0) is 4.79 Å². The topological polar surface area (TPSA) is 58.2 Å². The lowest BCUT2D eigenvalue weighted by atomic mass is 9.73. The number of hydrogen-bond acceptors (Lipinski definition) is 2. The second kappa shape index (κ2) is 39.1. The zero-order chi connectivity index (χ0) is 40.7. The van der Waals surface area contributed by atoms with Crippen molar-refractivity contribution in [3.8, 4) is 0 Å². The molecule has 4 nitrogen and oxygen atoms in total. The number of unbranched alkanes of at least 4 members (excludes halogenated alkanes) is 31. The van der Waals surface area contributed by atoms with Gasteiger partial charge in [0.2, 0.25) is 0 Å². The molecule has 57 heavy (non-hydrogen) atoms. The first-order chi connectivity index (χ1) is 28.1. The zero-order valence-corrected chi connectivity index (χ0v) is 38.9. The van der Waals surface area contributed by atoms with Crippen LogP contribution in [0, 0.1) is 17.8 Å². The highest BCUT2D eigenvalue weighted by molar-refractivity contribution is 5.78. The van der Waals surface area contributed by atoms with Gasteiger partial charge in [-0.05, 0) is 75.5 Å². The molecule has 0 unspecified atom stereocenters. The predicted octanol–water partition coefficient (Wildman–Crippen LogP) is 17.3. The molecule has 0 atom stereocenters. The van der Waals surface area contributed by atoms with Gasteiger partial charge in [0.25, 0.3) is 0 Å². The number of nitrogens with one attached hydrogen (secondary N) is 2. The number of ketones is 1. The summed E-state index contributed by atoms with van der Waals surface area (Å²) in [5.74, 6) is 2.88. The third kappa shape index (κ3) is 32.4. The van der Waals surface area contributed by atoms with Crippen molar-refractivity contribution in [2.24, 2.45) is 17.8 Å². The fourth-order valence-corrected chi connectivity index (χ4v) is 10.3. The predicted molar refractivity (Wildman–Crippen MR) is 250 cm³/mol. The van der Waals surface area contributed by atoms with Crippen molar-refractivity contribution in [3.63, 3.8) is 0 Å². The van der Waals surface area contributed by atoms with E-state index in [4.69, 9.17) is 0 Å². The van der Waals surface area contributed by atoms with Gasteiger partial charge in [-0.15, -0.1) is 0 Å². The molecule has 336 valence electrons. The average Bonchev–Trinajstić information content (AvgIpc) is 3.21. The van der Waals surface area contributed by atoms with E-state index in [-0.39, 0.29) is 6.03 Å². The Hall–Kier alpha value is -1.06. The molecule has 0 heterocycles. The molecule has 2 saturated carbocycles. The third-order valence-electron chi connectivity index (χ3n) is 14.2. The highest BCUT2D eigenvalue weighted by Crippen LogP contribution is 2.38. The number of amides is 2. The Labute approximate surface area is 357 Å². The molecule has 2 fully saturated rings. The van der Waals surface area contributed by atoms with Gasteiger partial charge in [-0.1, -0.05) is 226 Å². The van der Waals surface area contributed by atoms with Crippen LogP contribution in [0.2, 0.25) is 0 Å². The molecule has 2 aliphatic rings. The standard InChI is InChI=1S/C53H102N2O2/c1-3-5-7-9-11-13-15-17-19-21-22-24-26-28-30-32-34-36-52(56)47-50-39-37-48(38-40-50)46-49-41-43-51(44-42-49)55-53(57)54-45-35-33-31-29-27-25-23-20-18-16-14-12-10-8-6-4-2/h48-51H,3-47H2,1-2H3,(H2,54,55,57). The lowest BCUT2D eigenvalue weighted by molar-refractivity contribution is -0.120. The van der Waals surface area contributed by atoms with E-state index in [2.05, 4.69) is 24.5 Å². The molecule has 4 heteroatoms. The van der Waals surface area contributed by atoms with Gasteiger partial charge in [-0.3, -0.25) is 4.79 Å². The molecule has 0 aromatic carbocycles. The molecule has 2 amide bonds. The van der Waals surface area contributed by atoms with Crippen molar-refractivity contribution in [2.45, 2.75) is 302 Å². The van der Waals surface area contributed by atoms with Crippen LogP contribution in [0.25, 0.3) is 0 Å².